The number of halogens is 4. The van der Waals surface area contributed by atoms with Crippen LogP contribution in [0.4, 0.5) is 52.1 Å². The monoisotopic (exact) mass is 1620 g/mol. The Morgan fingerprint density at radius 2 is 0.898 bits per heavy atom. The number of rotatable bonds is 21. The van der Waals surface area contributed by atoms with Gasteiger partial charge in [0.1, 0.15) is 55.2 Å². The van der Waals surface area contributed by atoms with E-state index in [9.17, 15) is 37.2 Å². The lowest BCUT2D eigenvalue weighted by atomic mass is 10.0. The maximum Gasteiger partial charge on any atom is 0.435 e. The fourth-order valence-corrected chi connectivity index (χ4v) is 17.7. The third-order valence-corrected chi connectivity index (χ3v) is 24.5. The molecule has 32 heteroatoms. The largest absolute Gasteiger partial charge is 0.462 e. The summed E-state index contributed by atoms with van der Waals surface area (Å²) in [5.74, 6) is 1.55. The van der Waals surface area contributed by atoms with Crippen LogP contribution in [0.5, 0.6) is 18.0 Å². The van der Waals surface area contributed by atoms with E-state index in [0.717, 1.165) is 111 Å². The molecular formula is C86H106F4N22O6. The molecule has 0 bridgehead atoms. The number of hydrogen-bond donors (Lipinski definition) is 0. The zero-order chi connectivity index (χ0) is 83.3. The predicted octanol–water partition coefficient (Wildman–Crippen LogP) is 9.07. The molecule has 4 aromatic heterocycles. The van der Waals surface area contributed by atoms with Gasteiger partial charge in [0.2, 0.25) is 30.8 Å². The van der Waals surface area contributed by atoms with Crippen molar-refractivity contribution in [2.75, 3.05) is 182 Å². The number of anilines is 6. The molecule has 3 amide bonds. The number of piperazine rings is 3. The number of pyridine rings is 1. The highest BCUT2D eigenvalue weighted by Gasteiger charge is 2.42. The number of amides is 3. The van der Waals surface area contributed by atoms with Crippen LogP contribution in [-0.2, 0) is 59.5 Å². The lowest BCUT2D eigenvalue weighted by Gasteiger charge is -2.42. The number of para-hydroxylation sites is 1. The fraction of sp³-hybridized carbons (Fsp3) is 0.523. The van der Waals surface area contributed by atoms with Gasteiger partial charge in [-0.3, -0.25) is 14.4 Å². The first-order valence-electron chi connectivity index (χ1n) is 40.9. The van der Waals surface area contributed by atoms with Crippen LogP contribution in [-0.4, -0.2) is 270 Å². The number of likely N-dealkylation sites (tertiary alicyclic amines) is 3. The molecule has 6 fully saturated rings. The summed E-state index contributed by atoms with van der Waals surface area (Å²) < 4.78 is 74.4. The smallest absolute Gasteiger partial charge is 0.435 e. The first-order valence-corrected chi connectivity index (χ1v) is 40.9. The fourth-order valence-electron chi connectivity index (χ4n) is 17.7. The molecule has 6 saturated heterocycles. The number of likely N-dealkylation sites (N-methyl/N-ethyl adjacent to an activating group) is 3. The van der Waals surface area contributed by atoms with Gasteiger partial charge in [-0.05, 0) is 172 Å². The Hall–Kier alpha value is -11.3. The van der Waals surface area contributed by atoms with Crippen molar-refractivity contribution in [3.63, 3.8) is 0 Å². The van der Waals surface area contributed by atoms with E-state index < -0.39 is 11.9 Å². The van der Waals surface area contributed by atoms with E-state index in [1.54, 1.807) is 31.7 Å². The molecule has 624 valence electrons. The number of alkyl halides is 3. The molecule has 15 rings (SSSR count). The van der Waals surface area contributed by atoms with Gasteiger partial charge < -0.3 is 82.7 Å². The Morgan fingerprint density at radius 3 is 1.29 bits per heavy atom. The van der Waals surface area contributed by atoms with Gasteiger partial charge in [-0.1, -0.05) is 44.0 Å². The predicted molar refractivity (Wildman–Crippen MR) is 442 cm³/mol. The number of fused-ring (bicyclic) bond motifs is 3. The second kappa shape index (κ2) is 38.4. The lowest BCUT2D eigenvalue weighted by molar-refractivity contribution is -0.140. The molecule has 118 heavy (non-hydrogen) atoms. The molecule has 0 radical (unpaired) electrons. The number of hydrogen-bond acceptors (Lipinski definition) is 23. The average Bonchev–Trinajstić information content (AvgIpc) is 0.911. The number of nitrogens with zero attached hydrogens (tertiary/aromatic N) is 22. The van der Waals surface area contributed by atoms with E-state index in [2.05, 4.69) is 121 Å². The molecule has 9 aliphatic heterocycles. The molecule has 6 aromatic rings. The highest BCUT2D eigenvalue weighted by atomic mass is 19.4. The second-order valence-corrected chi connectivity index (χ2v) is 31.6. The van der Waals surface area contributed by atoms with E-state index in [0.29, 0.717) is 159 Å². The summed E-state index contributed by atoms with van der Waals surface area (Å²) in [5, 5.41) is 9.42. The van der Waals surface area contributed by atoms with E-state index in [1.807, 2.05) is 22.9 Å². The summed E-state index contributed by atoms with van der Waals surface area (Å²) in [4.78, 5) is 102. The number of carbonyl (C=O) groups excluding carboxylic acids is 3. The minimum Gasteiger partial charge on any atom is -0.462 e. The highest BCUT2D eigenvalue weighted by molar-refractivity contribution is 5.88. The van der Waals surface area contributed by atoms with E-state index in [4.69, 9.17) is 52.3 Å². The number of ether oxygens (including phenoxy) is 3. The van der Waals surface area contributed by atoms with Crippen LogP contribution in [0.2, 0.25) is 0 Å². The third kappa shape index (κ3) is 19.4. The van der Waals surface area contributed by atoms with Gasteiger partial charge in [-0.25, -0.2) is 22.5 Å². The van der Waals surface area contributed by atoms with Crippen LogP contribution in [0.15, 0.2) is 98.8 Å². The zero-order valence-electron chi connectivity index (χ0n) is 68.2. The Labute approximate surface area is 688 Å². The van der Waals surface area contributed by atoms with E-state index in [-0.39, 0.29) is 85.5 Å². The van der Waals surface area contributed by atoms with Crippen LogP contribution >= 0.6 is 0 Å². The van der Waals surface area contributed by atoms with Gasteiger partial charge >= 0.3 is 24.2 Å². The Kier molecular flexibility index (Phi) is 27.6. The van der Waals surface area contributed by atoms with Crippen molar-refractivity contribution in [1.29, 1.82) is 5.26 Å². The van der Waals surface area contributed by atoms with E-state index >= 15 is 0 Å². The Morgan fingerprint density at radius 1 is 0.508 bits per heavy atom. The topological polar surface area (TPSA) is 241 Å². The van der Waals surface area contributed by atoms with Crippen molar-refractivity contribution in [3.05, 3.63) is 178 Å². The number of benzene rings is 2. The second-order valence-electron chi connectivity index (χ2n) is 31.6. The Balaban J connectivity index is 0.000000154. The maximum absolute atomic E-state index is 14.6. The molecule has 28 nitrogen and oxygen atoms in total. The number of nitriles is 1. The third-order valence-electron chi connectivity index (χ3n) is 24.5. The van der Waals surface area contributed by atoms with Crippen molar-refractivity contribution in [1.82, 2.24) is 64.3 Å². The molecule has 0 aliphatic carbocycles. The summed E-state index contributed by atoms with van der Waals surface area (Å²) in [7, 11) is 6.29. The van der Waals surface area contributed by atoms with Crippen LogP contribution in [0.25, 0.3) is 9.69 Å². The van der Waals surface area contributed by atoms with Gasteiger partial charge in [0.15, 0.2) is 5.69 Å². The summed E-state index contributed by atoms with van der Waals surface area (Å²) in [6.07, 6.45) is 9.10. The van der Waals surface area contributed by atoms with Crippen molar-refractivity contribution in [2.24, 2.45) is 0 Å². The molecule has 3 unspecified atom stereocenters. The SMILES string of the molecule is C=CC(=O)N1CCN(c2nc(OC[C@@H]3CCCN3C)nc3c2CCN(c2cccnc2C(F)(F)F)C3)CC1CC#N.[C-]#[N+]CC1CN(c2nc(OC[C@@H]3CCCN3C)nc3c2CCN(c2cccc(C)c2C)C3)CCN1C(=O)C=C.[C-]#[N+]CC1CN(c2nc(OC[C@@H]3CCCN3C)nc3c2CCN(c2ccccc2F)C3)CCN1C(=O)C=C. The highest BCUT2D eigenvalue weighted by Crippen LogP contribution is 2.41. The quantitative estimate of drug-likeness (QED) is 0.0371. The standard InChI is InChI=1S/C30H39N7O2.C28H33F3N8O2.C28H34FN7O2/c1-6-28(38)37-16-15-36(18-24(37)17-31-4)29-25-12-14-35(27-11-7-9-21(2)22(27)3)19-26(25)32-30(33-29)39-20-23-10-8-13-34(23)5;1-3-24(40)39-15-14-38(16-19(39)8-10-32)26-21-9-13-37(23-7-4-11-33-25(23)28(29,30)31)17-22(21)34-27(35-26)41-18-20-6-5-12-36(20)2;1-4-26(37)36-15-14-35(17-21(36)16-30-2)27-22-11-13-34(25-10-6-5-9-23(25)29)18-24(22)31-28(32-27)38-19-20-8-7-12-33(20)3/h6-7,9,11,23-24H,1,8,10,12-20H2,2-3,5H3;3-4,7,11,19-20H,1,5-6,8-9,12-18H2,2H3;4-6,9-10,20-21H,1,7-8,11-19H2,3H3/t23-,24?;19?,20-;20-,21?/m000/s1. The number of aromatic nitrogens is 7. The molecule has 0 N–H and O–H groups in total. The minimum atomic E-state index is -4.59. The van der Waals surface area contributed by atoms with Crippen molar-refractivity contribution in [2.45, 2.75) is 140 Å². The molecule has 6 atom stereocenters. The average molecular weight is 1620 g/mol. The first kappa shape index (κ1) is 84.6. The van der Waals surface area contributed by atoms with Crippen molar-refractivity contribution in [3.8, 4) is 24.1 Å². The maximum atomic E-state index is 14.6. The van der Waals surface area contributed by atoms with Crippen molar-refractivity contribution < 1.29 is 46.2 Å². The van der Waals surface area contributed by atoms with Gasteiger partial charge in [0, 0.05) is 125 Å². The summed E-state index contributed by atoms with van der Waals surface area (Å²) >= 11 is 0. The molecule has 13 heterocycles. The van der Waals surface area contributed by atoms with Gasteiger partial charge in [0.05, 0.1) is 66.6 Å². The van der Waals surface area contributed by atoms with Gasteiger partial charge in [-0.15, -0.1) is 0 Å². The van der Waals surface area contributed by atoms with Gasteiger partial charge in [0.25, 0.3) is 0 Å². The van der Waals surface area contributed by atoms with E-state index in [1.165, 1.54) is 59.7 Å². The molecular weight excluding hydrogens is 1510 g/mol. The molecule has 0 spiro atoms. The normalized spacial score (nSPS) is 21.5. The summed E-state index contributed by atoms with van der Waals surface area (Å²) in [5.41, 5.74) is 8.86. The molecule has 2 aromatic carbocycles. The van der Waals surface area contributed by atoms with Crippen LogP contribution < -0.4 is 43.6 Å². The van der Waals surface area contributed by atoms with Crippen LogP contribution in [0.3, 0.4) is 0 Å². The molecule has 0 saturated carbocycles. The molecule has 9 aliphatic rings. The Bertz CT molecular complexity index is 4770. The van der Waals surface area contributed by atoms with Crippen molar-refractivity contribution >= 4 is 52.2 Å². The van der Waals surface area contributed by atoms with Gasteiger partial charge in [-0.2, -0.15) is 48.3 Å². The van der Waals surface area contributed by atoms with Crippen LogP contribution in [0, 0.1) is 44.1 Å². The number of carbonyl (C=O) groups is 3. The minimum absolute atomic E-state index is 0.00602. The lowest BCUT2D eigenvalue weighted by Crippen LogP contribution is -2.56. The summed E-state index contributed by atoms with van der Waals surface area (Å²) in [6, 6.07) is 19.4. The number of aryl methyl sites for hydroxylation is 1. The van der Waals surface area contributed by atoms with Crippen LogP contribution in [0.1, 0.15) is 95.5 Å². The first-order chi connectivity index (χ1) is 57.1. The zero-order valence-corrected chi connectivity index (χ0v) is 68.2. The summed E-state index contributed by atoms with van der Waals surface area (Å²) in [6.45, 7) is 42.7.